The van der Waals surface area contributed by atoms with Gasteiger partial charge in [0.15, 0.2) is 0 Å². The third-order valence-electron chi connectivity index (χ3n) is 2.54. The van der Waals surface area contributed by atoms with E-state index < -0.39 is 23.4 Å². The molecule has 1 atom stereocenters. The molecular formula is C9H14N2O4S. The van der Waals surface area contributed by atoms with E-state index in [9.17, 15) is 14.4 Å². The molecule has 0 aliphatic carbocycles. The van der Waals surface area contributed by atoms with Gasteiger partial charge in [0.05, 0.1) is 0 Å². The molecule has 2 amide bonds. The van der Waals surface area contributed by atoms with Gasteiger partial charge in [-0.1, -0.05) is 0 Å². The van der Waals surface area contributed by atoms with Gasteiger partial charge in [-0.3, -0.25) is 20.2 Å². The lowest BCUT2D eigenvalue weighted by molar-refractivity contribution is -0.164. The van der Waals surface area contributed by atoms with E-state index in [0.717, 1.165) is 0 Å². The molecule has 7 heteroatoms. The number of carbonyl (C=O) groups is 3. The Morgan fingerprint density at radius 2 is 1.81 bits per heavy atom. The molecule has 0 bridgehead atoms. The number of carbonyl (C=O) groups excluding carboxylic acids is 2. The van der Waals surface area contributed by atoms with E-state index in [1.807, 2.05) is 0 Å². The maximum absolute atomic E-state index is 11.7. The average molecular weight is 246 g/mol. The SMILES string of the molecule is N[C@](CS)(C(=O)O)N1C(=O)CCCCC1=O. The highest BCUT2D eigenvalue weighted by molar-refractivity contribution is 7.80. The second-order valence-corrected chi connectivity index (χ2v) is 4.03. The second-order valence-electron chi connectivity index (χ2n) is 3.72. The van der Waals surface area contributed by atoms with Gasteiger partial charge < -0.3 is 5.11 Å². The van der Waals surface area contributed by atoms with Gasteiger partial charge in [-0.05, 0) is 12.8 Å². The maximum Gasteiger partial charge on any atom is 0.346 e. The van der Waals surface area contributed by atoms with Crippen molar-refractivity contribution in [2.45, 2.75) is 31.3 Å². The minimum atomic E-state index is -2.04. The van der Waals surface area contributed by atoms with Gasteiger partial charge in [-0.2, -0.15) is 12.6 Å². The number of imide groups is 1. The molecule has 90 valence electrons. The van der Waals surface area contributed by atoms with Crippen LogP contribution in [-0.4, -0.2) is 39.2 Å². The van der Waals surface area contributed by atoms with Crippen LogP contribution in [0.1, 0.15) is 25.7 Å². The number of nitrogens with zero attached hydrogens (tertiary/aromatic N) is 1. The van der Waals surface area contributed by atoms with Crippen LogP contribution in [0.5, 0.6) is 0 Å². The van der Waals surface area contributed by atoms with Gasteiger partial charge in [0, 0.05) is 18.6 Å². The van der Waals surface area contributed by atoms with Gasteiger partial charge >= 0.3 is 5.97 Å². The molecule has 0 saturated carbocycles. The van der Waals surface area contributed by atoms with Crippen LogP contribution in [-0.2, 0) is 14.4 Å². The molecule has 0 unspecified atom stereocenters. The average Bonchev–Trinajstić information content (AvgIpc) is 2.39. The Hall–Kier alpha value is -1.08. The summed E-state index contributed by atoms with van der Waals surface area (Å²) in [6.45, 7) is 0. The van der Waals surface area contributed by atoms with Crippen LogP contribution in [0.2, 0.25) is 0 Å². The van der Waals surface area contributed by atoms with Gasteiger partial charge in [0.1, 0.15) is 0 Å². The quantitative estimate of drug-likeness (QED) is 0.464. The van der Waals surface area contributed by atoms with Crippen LogP contribution in [0.25, 0.3) is 0 Å². The minimum Gasteiger partial charge on any atom is -0.478 e. The van der Waals surface area contributed by atoms with Gasteiger partial charge in [0.25, 0.3) is 0 Å². The van der Waals surface area contributed by atoms with E-state index in [2.05, 4.69) is 12.6 Å². The first-order valence-electron chi connectivity index (χ1n) is 4.92. The Labute approximate surface area is 98.2 Å². The molecule has 0 aromatic rings. The number of hydrogen-bond acceptors (Lipinski definition) is 5. The van der Waals surface area contributed by atoms with E-state index >= 15 is 0 Å². The molecule has 16 heavy (non-hydrogen) atoms. The Balaban J connectivity index is 3.09. The summed E-state index contributed by atoms with van der Waals surface area (Å²) in [5.41, 5.74) is 3.53. The summed E-state index contributed by atoms with van der Waals surface area (Å²) in [7, 11) is 0. The zero-order chi connectivity index (χ0) is 12.3. The predicted molar refractivity (Wildman–Crippen MR) is 58.7 cm³/mol. The highest BCUT2D eigenvalue weighted by Gasteiger charge is 2.46. The van der Waals surface area contributed by atoms with Crippen LogP contribution in [0.4, 0.5) is 0 Å². The Morgan fingerprint density at radius 3 is 2.12 bits per heavy atom. The largest absolute Gasteiger partial charge is 0.478 e. The highest BCUT2D eigenvalue weighted by atomic mass is 32.1. The van der Waals surface area contributed by atoms with Gasteiger partial charge in [0.2, 0.25) is 17.5 Å². The lowest BCUT2D eigenvalue weighted by Crippen LogP contribution is -2.66. The smallest absolute Gasteiger partial charge is 0.346 e. The summed E-state index contributed by atoms with van der Waals surface area (Å²) in [6.07, 6.45) is 1.43. The van der Waals surface area contributed by atoms with Crippen molar-refractivity contribution in [1.82, 2.24) is 4.90 Å². The summed E-state index contributed by atoms with van der Waals surface area (Å²) >= 11 is 3.82. The fourth-order valence-corrected chi connectivity index (χ4v) is 1.87. The molecule has 1 aliphatic heterocycles. The van der Waals surface area contributed by atoms with E-state index in [1.165, 1.54) is 0 Å². The molecule has 0 spiro atoms. The Kier molecular flexibility index (Phi) is 3.93. The Bertz CT molecular complexity index is 315. The fraction of sp³-hybridized carbons (Fsp3) is 0.667. The lowest BCUT2D eigenvalue weighted by Gasteiger charge is -2.33. The van der Waals surface area contributed by atoms with Crippen molar-refractivity contribution in [3.8, 4) is 0 Å². The van der Waals surface area contributed by atoms with Crippen molar-refractivity contribution in [3.05, 3.63) is 0 Å². The van der Waals surface area contributed by atoms with Crippen LogP contribution >= 0.6 is 12.6 Å². The first-order chi connectivity index (χ1) is 7.43. The monoisotopic (exact) mass is 246 g/mol. The number of aliphatic carboxylic acids is 1. The normalized spacial score (nSPS) is 21.5. The van der Waals surface area contributed by atoms with E-state index in [4.69, 9.17) is 10.8 Å². The van der Waals surface area contributed by atoms with E-state index in [-0.39, 0.29) is 18.6 Å². The minimum absolute atomic E-state index is 0.145. The predicted octanol–water partition coefficient (Wildman–Crippen LogP) is -0.415. The molecule has 1 rings (SSSR count). The topological polar surface area (TPSA) is 101 Å². The number of hydrogen-bond donors (Lipinski definition) is 3. The molecule has 1 saturated heterocycles. The number of nitrogens with two attached hydrogens (primary N) is 1. The molecule has 0 aromatic carbocycles. The van der Waals surface area contributed by atoms with Gasteiger partial charge in [-0.15, -0.1) is 0 Å². The summed E-state index contributed by atoms with van der Waals surface area (Å²) in [5.74, 6) is -2.81. The summed E-state index contributed by atoms with van der Waals surface area (Å²) in [5, 5.41) is 8.99. The molecule has 1 fully saturated rings. The van der Waals surface area contributed by atoms with E-state index in [0.29, 0.717) is 17.7 Å². The molecule has 0 aromatic heterocycles. The summed E-state index contributed by atoms with van der Waals surface area (Å²) in [4.78, 5) is 35.0. The van der Waals surface area contributed by atoms with E-state index in [1.54, 1.807) is 0 Å². The molecule has 0 radical (unpaired) electrons. The third kappa shape index (κ3) is 2.19. The lowest BCUT2D eigenvalue weighted by atomic mass is 10.1. The molecule has 1 heterocycles. The second kappa shape index (κ2) is 4.84. The maximum atomic E-state index is 11.7. The number of carboxylic acids is 1. The van der Waals surface area contributed by atoms with Crippen molar-refractivity contribution in [2.24, 2.45) is 5.73 Å². The Morgan fingerprint density at radius 1 is 1.38 bits per heavy atom. The van der Waals surface area contributed by atoms with Crippen molar-refractivity contribution >= 4 is 30.4 Å². The zero-order valence-corrected chi connectivity index (χ0v) is 9.57. The molecule has 1 aliphatic rings. The van der Waals surface area contributed by atoms with Crippen molar-refractivity contribution < 1.29 is 19.5 Å². The van der Waals surface area contributed by atoms with Crippen molar-refractivity contribution in [2.75, 3.05) is 5.75 Å². The number of thiol groups is 1. The number of amides is 2. The summed E-state index contributed by atoms with van der Waals surface area (Å²) in [6, 6.07) is 0. The van der Waals surface area contributed by atoms with Crippen LogP contribution < -0.4 is 5.73 Å². The fourth-order valence-electron chi connectivity index (χ4n) is 1.59. The molecule has 3 N–H and O–H groups in total. The number of rotatable bonds is 3. The molecule has 6 nitrogen and oxygen atoms in total. The summed E-state index contributed by atoms with van der Waals surface area (Å²) < 4.78 is 0. The van der Waals surface area contributed by atoms with Crippen LogP contribution in [0.3, 0.4) is 0 Å². The molecular weight excluding hydrogens is 232 g/mol. The number of carboxylic acid groups (broad SMARTS) is 1. The van der Waals surface area contributed by atoms with Crippen molar-refractivity contribution in [1.29, 1.82) is 0 Å². The number of likely N-dealkylation sites (tertiary alicyclic amines) is 1. The first-order valence-corrected chi connectivity index (χ1v) is 5.55. The third-order valence-corrected chi connectivity index (χ3v) is 3.02. The van der Waals surface area contributed by atoms with Gasteiger partial charge in [-0.25, -0.2) is 4.79 Å². The first kappa shape index (κ1) is 13.0. The van der Waals surface area contributed by atoms with Crippen LogP contribution in [0, 0.1) is 0 Å². The standard InChI is InChI=1S/C9H14N2O4S/c10-9(5-16,8(14)15)11-6(12)3-1-2-4-7(11)13/h16H,1-5,10H2,(H,14,15)/t9-/m0/s1. The van der Waals surface area contributed by atoms with Crippen LogP contribution in [0.15, 0.2) is 0 Å². The zero-order valence-electron chi connectivity index (χ0n) is 8.68. The highest BCUT2D eigenvalue weighted by Crippen LogP contribution is 2.20. The van der Waals surface area contributed by atoms with Crippen molar-refractivity contribution in [3.63, 3.8) is 0 Å².